The highest BCUT2D eigenvalue weighted by Crippen LogP contribution is 2.37. The van der Waals surface area contributed by atoms with E-state index in [4.69, 9.17) is 5.53 Å². The monoisotopic (exact) mass is 282 g/mol. The maximum absolute atomic E-state index is 12.1. The Morgan fingerprint density at radius 2 is 2.20 bits per heavy atom. The highest BCUT2D eigenvalue weighted by atomic mass is 16.5. The van der Waals surface area contributed by atoms with E-state index >= 15 is 0 Å². The molecule has 0 spiro atoms. The van der Waals surface area contributed by atoms with Gasteiger partial charge >= 0.3 is 0 Å². The van der Waals surface area contributed by atoms with Crippen molar-refractivity contribution < 1.29 is 19.8 Å². The number of nitrogens with zero attached hydrogens (tertiary/aromatic N) is 4. The average molecular weight is 282 g/mol. The first-order valence-corrected chi connectivity index (χ1v) is 6.70. The van der Waals surface area contributed by atoms with Crippen LogP contribution in [0.4, 0.5) is 0 Å². The Kier molecular flexibility index (Phi) is 3.99. The summed E-state index contributed by atoms with van der Waals surface area (Å²) in [4.78, 5) is 28.0. The summed E-state index contributed by atoms with van der Waals surface area (Å²) in [5, 5.41) is 22.5. The van der Waals surface area contributed by atoms with Crippen LogP contribution in [0.2, 0.25) is 0 Å². The topological polar surface area (TPSA) is 127 Å². The smallest absolute Gasteiger partial charge is 0.225 e. The summed E-state index contributed by atoms with van der Waals surface area (Å²) in [5.41, 5.74) is 8.38. The lowest BCUT2D eigenvalue weighted by atomic mass is 9.79. The second kappa shape index (κ2) is 5.40. The van der Waals surface area contributed by atoms with Gasteiger partial charge in [-0.05, 0) is 23.5 Å². The molecule has 1 unspecified atom stereocenters. The lowest BCUT2D eigenvalue weighted by Gasteiger charge is -2.41. The number of likely N-dealkylation sites (tertiary alicyclic amines) is 1. The molecule has 8 heteroatoms. The molecule has 2 rings (SSSR count). The van der Waals surface area contributed by atoms with E-state index in [1.807, 2.05) is 6.92 Å². The zero-order valence-electron chi connectivity index (χ0n) is 11.3. The Bertz CT molecular complexity index is 472. The third-order valence-corrected chi connectivity index (χ3v) is 4.22. The number of carbonyl (C=O) groups is 2. The van der Waals surface area contributed by atoms with E-state index in [2.05, 4.69) is 10.0 Å². The lowest BCUT2D eigenvalue weighted by Crippen LogP contribution is -2.52. The number of rotatable bonds is 2. The van der Waals surface area contributed by atoms with Crippen molar-refractivity contribution in [1.82, 2.24) is 4.90 Å². The van der Waals surface area contributed by atoms with E-state index in [1.54, 1.807) is 4.90 Å². The first kappa shape index (κ1) is 14.8. The fourth-order valence-corrected chi connectivity index (χ4v) is 3.09. The van der Waals surface area contributed by atoms with E-state index in [-0.39, 0.29) is 24.7 Å². The minimum Gasteiger partial charge on any atom is -0.366 e. The normalized spacial score (nSPS) is 32.9. The van der Waals surface area contributed by atoms with Crippen LogP contribution in [-0.2, 0) is 9.59 Å². The highest BCUT2D eigenvalue weighted by molar-refractivity contribution is 5.84. The van der Waals surface area contributed by atoms with E-state index in [0.717, 1.165) is 6.42 Å². The molecule has 20 heavy (non-hydrogen) atoms. The predicted octanol–water partition coefficient (Wildman–Crippen LogP) is 0.541. The van der Waals surface area contributed by atoms with Crippen molar-refractivity contribution >= 4 is 11.8 Å². The zero-order chi connectivity index (χ0) is 14.9. The molecular formula is C12H18N4O4. The third-order valence-electron chi connectivity index (χ3n) is 4.22. The second-order valence-corrected chi connectivity index (χ2v) is 5.65. The summed E-state index contributed by atoms with van der Waals surface area (Å²) in [6, 6.07) is -0.419. The molecule has 1 aliphatic heterocycles. The van der Waals surface area contributed by atoms with Crippen molar-refractivity contribution in [3.63, 3.8) is 0 Å². The maximum Gasteiger partial charge on any atom is 0.225 e. The molecule has 1 aliphatic carbocycles. The Labute approximate surface area is 116 Å². The lowest BCUT2D eigenvalue weighted by molar-refractivity contribution is -0.201. The molecule has 0 aromatic carbocycles. The summed E-state index contributed by atoms with van der Waals surface area (Å²) >= 11 is 0. The zero-order valence-corrected chi connectivity index (χ0v) is 11.3. The molecule has 1 heterocycles. The van der Waals surface area contributed by atoms with Gasteiger partial charge in [0.25, 0.3) is 0 Å². The van der Waals surface area contributed by atoms with Crippen molar-refractivity contribution in [2.45, 2.75) is 44.4 Å². The van der Waals surface area contributed by atoms with E-state index in [9.17, 15) is 19.8 Å². The van der Waals surface area contributed by atoms with Crippen LogP contribution in [0.25, 0.3) is 10.4 Å². The van der Waals surface area contributed by atoms with Gasteiger partial charge in [-0.15, -0.1) is 0 Å². The largest absolute Gasteiger partial charge is 0.366 e. The summed E-state index contributed by atoms with van der Waals surface area (Å²) in [7, 11) is 0. The molecule has 2 fully saturated rings. The number of amides is 2. The summed E-state index contributed by atoms with van der Waals surface area (Å²) < 4.78 is 0. The standard InChI is InChI=1S/C12H18N4O4/c1-7-3-5-16(11(7)18)9-2-4-12(19,20)6-8(9)10(17)14-15-13/h7-9,19-20H,2-6H2,1H3/t7-,8+,9?/m0/s1. The molecule has 1 saturated carbocycles. The molecule has 8 nitrogen and oxygen atoms in total. The minimum absolute atomic E-state index is 0.0304. The maximum atomic E-state index is 12.1. The summed E-state index contributed by atoms with van der Waals surface area (Å²) in [6.45, 7) is 2.38. The van der Waals surface area contributed by atoms with Crippen LogP contribution in [-0.4, -0.2) is 45.3 Å². The quantitative estimate of drug-likeness (QED) is 0.331. The molecule has 0 radical (unpaired) electrons. The first-order valence-electron chi connectivity index (χ1n) is 6.70. The fourth-order valence-electron chi connectivity index (χ4n) is 3.09. The molecule has 3 atom stereocenters. The van der Waals surface area contributed by atoms with Gasteiger partial charge in [-0.2, -0.15) is 0 Å². The van der Waals surface area contributed by atoms with Gasteiger partial charge in [0.15, 0.2) is 5.79 Å². The van der Waals surface area contributed by atoms with Crippen LogP contribution in [0.15, 0.2) is 5.11 Å². The van der Waals surface area contributed by atoms with Crippen molar-refractivity contribution in [3.8, 4) is 0 Å². The van der Waals surface area contributed by atoms with Crippen LogP contribution in [0, 0.1) is 11.8 Å². The van der Waals surface area contributed by atoms with Gasteiger partial charge in [0.2, 0.25) is 11.8 Å². The van der Waals surface area contributed by atoms with Crippen LogP contribution in [0.5, 0.6) is 0 Å². The number of hydrogen-bond donors (Lipinski definition) is 2. The predicted molar refractivity (Wildman–Crippen MR) is 67.9 cm³/mol. The number of azide groups is 1. The molecule has 0 bridgehead atoms. The van der Waals surface area contributed by atoms with Crippen LogP contribution >= 0.6 is 0 Å². The minimum atomic E-state index is -1.95. The number of hydrogen-bond acceptors (Lipinski definition) is 4. The molecule has 2 aliphatic rings. The van der Waals surface area contributed by atoms with Crippen molar-refractivity contribution in [2.24, 2.45) is 17.0 Å². The SMILES string of the molecule is C[C@H]1CCN(C2CCC(O)(O)C[C@H]2C(=O)N=[N+]=[N-])C1=O. The molecule has 0 aromatic heterocycles. The van der Waals surface area contributed by atoms with Gasteiger partial charge in [-0.25, -0.2) is 0 Å². The van der Waals surface area contributed by atoms with E-state index < -0.39 is 23.7 Å². The Hall–Kier alpha value is -1.63. The van der Waals surface area contributed by atoms with Gasteiger partial charge in [0.1, 0.15) is 0 Å². The number of aliphatic hydroxyl groups is 2. The number of carbonyl (C=O) groups excluding carboxylic acids is 2. The van der Waals surface area contributed by atoms with Crippen molar-refractivity contribution in [2.75, 3.05) is 6.54 Å². The summed E-state index contributed by atoms with van der Waals surface area (Å²) in [6.07, 6.45) is 0.910. The van der Waals surface area contributed by atoms with Crippen molar-refractivity contribution in [3.05, 3.63) is 10.4 Å². The Balaban J connectivity index is 2.23. The van der Waals surface area contributed by atoms with Gasteiger partial charge in [-0.1, -0.05) is 6.92 Å². The molecule has 0 aromatic rings. The molecule has 1 saturated heterocycles. The van der Waals surface area contributed by atoms with E-state index in [1.165, 1.54) is 0 Å². The fraction of sp³-hybridized carbons (Fsp3) is 0.833. The molecule has 110 valence electrons. The van der Waals surface area contributed by atoms with E-state index in [0.29, 0.717) is 13.0 Å². The third kappa shape index (κ3) is 2.77. The van der Waals surface area contributed by atoms with Crippen LogP contribution < -0.4 is 0 Å². The van der Waals surface area contributed by atoms with Gasteiger partial charge in [0.05, 0.1) is 0 Å². The van der Waals surface area contributed by atoms with Gasteiger partial charge in [-0.3, -0.25) is 9.59 Å². The average Bonchev–Trinajstić information content (AvgIpc) is 2.70. The summed E-state index contributed by atoms with van der Waals surface area (Å²) in [5.74, 6) is -3.66. The second-order valence-electron chi connectivity index (χ2n) is 5.65. The van der Waals surface area contributed by atoms with Crippen molar-refractivity contribution in [1.29, 1.82) is 0 Å². The molecule has 2 N–H and O–H groups in total. The molecule has 2 amide bonds. The highest BCUT2D eigenvalue weighted by Gasteiger charge is 2.46. The first-order chi connectivity index (χ1) is 9.35. The molecular weight excluding hydrogens is 264 g/mol. The van der Waals surface area contributed by atoms with Crippen LogP contribution in [0.3, 0.4) is 0 Å². The van der Waals surface area contributed by atoms with Gasteiger partial charge < -0.3 is 15.1 Å². The van der Waals surface area contributed by atoms with Gasteiger partial charge in [0, 0.05) is 42.2 Å². The van der Waals surface area contributed by atoms with Crippen LogP contribution in [0.1, 0.15) is 32.6 Å². The Morgan fingerprint density at radius 1 is 1.50 bits per heavy atom. The Morgan fingerprint density at radius 3 is 2.75 bits per heavy atom.